The van der Waals surface area contributed by atoms with E-state index in [0.717, 1.165) is 29.1 Å². The van der Waals surface area contributed by atoms with E-state index < -0.39 is 0 Å². The van der Waals surface area contributed by atoms with E-state index in [1.54, 1.807) is 17.4 Å². The van der Waals surface area contributed by atoms with Crippen LogP contribution in [0.25, 0.3) is 0 Å². The Kier molecular flexibility index (Phi) is 5.70. The molecule has 2 rings (SSSR count). The Morgan fingerprint density at radius 3 is 2.95 bits per heavy atom. The second-order valence-corrected chi connectivity index (χ2v) is 6.12. The fourth-order valence-corrected chi connectivity index (χ4v) is 3.00. The van der Waals surface area contributed by atoms with Crippen LogP contribution in [0.2, 0.25) is 0 Å². The van der Waals surface area contributed by atoms with Crippen molar-refractivity contribution in [3.8, 4) is 5.75 Å². The SMILES string of the molecule is CCCc1nc(COc2c(F)cccc2CC(C)N)cs1. The summed E-state index contributed by atoms with van der Waals surface area (Å²) in [5.41, 5.74) is 7.44. The number of hydrogen-bond acceptors (Lipinski definition) is 4. The Bertz CT molecular complexity index is 583. The van der Waals surface area contributed by atoms with Crippen molar-refractivity contribution in [2.24, 2.45) is 5.73 Å². The Morgan fingerprint density at radius 1 is 1.43 bits per heavy atom. The third kappa shape index (κ3) is 4.51. The van der Waals surface area contributed by atoms with E-state index in [4.69, 9.17) is 10.5 Å². The summed E-state index contributed by atoms with van der Waals surface area (Å²) in [5.74, 6) is -0.0583. The molecule has 1 unspecified atom stereocenters. The maximum Gasteiger partial charge on any atom is 0.165 e. The molecule has 0 saturated heterocycles. The molecular weight excluding hydrogens is 287 g/mol. The van der Waals surface area contributed by atoms with E-state index >= 15 is 0 Å². The molecule has 1 aromatic carbocycles. The van der Waals surface area contributed by atoms with E-state index in [1.165, 1.54) is 6.07 Å². The topological polar surface area (TPSA) is 48.1 Å². The average Bonchev–Trinajstić information content (AvgIpc) is 2.86. The van der Waals surface area contributed by atoms with Crippen molar-refractivity contribution >= 4 is 11.3 Å². The average molecular weight is 308 g/mol. The number of halogens is 1. The first-order valence-electron chi connectivity index (χ1n) is 7.19. The van der Waals surface area contributed by atoms with Crippen LogP contribution in [0.4, 0.5) is 4.39 Å². The van der Waals surface area contributed by atoms with Crippen molar-refractivity contribution in [2.75, 3.05) is 0 Å². The lowest BCUT2D eigenvalue weighted by Gasteiger charge is -2.13. The van der Waals surface area contributed by atoms with Crippen LogP contribution in [-0.2, 0) is 19.4 Å². The van der Waals surface area contributed by atoms with Gasteiger partial charge in [-0.15, -0.1) is 11.3 Å². The zero-order valence-electron chi connectivity index (χ0n) is 12.4. The molecule has 1 heterocycles. The number of nitrogens with two attached hydrogens (primary N) is 1. The number of thiazole rings is 1. The number of para-hydroxylation sites is 1. The van der Waals surface area contributed by atoms with Gasteiger partial charge in [0, 0.05) is 11.4 Å². The van der Waals surface area contributed by atoms with Crippen molar-refractivity contribution < 1.29 is 9.13 Å². The predicted octanol–water partition coefficient (Wildman–Crippen LogP) is 3.70. The maximum absolute atomic E-state index is 13.9. The van der Waals surface area contributed by atoms with Gasteiger partial charge in [-0.2, -0.15) is 0 Å². The van der Waals surface area contributed by atoms with Crippen LogP contribution < -0.4 is 10.5 Å². The second kappa shape index (κ2) is 7.52. The highest BCUT2D eigenvalue weighted by molar-refractivity contribution is 7.09. The van der Waals surface area contributed by atoms with Crippen molar-refractivity contribution in [3.05, 3.63) is 45.7 Å². The van der Waals surface area contributed by atoms with Gasteiger partial charge < -0.3 is 10.5 Å². The van der Waals surface area contributed by atoms with E-state index in [-0.39, 0.29) is 18.5 Å². The molecule has 5 heteroatoms. The monoisotopic (exact) mass is 308 g/mol. The third-order valence-electron chi connectivity index (χ3n) is 3.02. The van der Waals surface area contributed by atoms with Crippen molar-refractivity contribution in [3.63, 3.8) is 0 Å². The summed E-state index contributed by atoms with van der Waals surface area (Å²) in [6, 6.07) is 4.90. The molecule has 3 nitrogen and oxygen atoms in total. The molecule has 0 bridgehead atoms. The fourth-order valence-electron chi connectivity index (χ4n) is 2.11. The molecule has 1 atom stereocenters. The minimum atomic E-state index is -0.350. The highest BCUT2D eigenvalue weighted by Crippen LogP contribution is 2.25. The number of benzene rings is 1. The molecule has 0 amide bonds. The van der Waals surface area contributed by atoms with E-state index in [9.17, 15) is 4.39 Å². The van der Waals surface area contributed by atoms with Crippen LogP contribution in [0, 0.1) is 5.82 Å². The summed E-state index contributed by atoms with van der Waals surface area (Å²) in [6.45, 7) is 4.30. The number of nitrogens with zero attached hydrogens (tertiary/aromatic N) is 1. The minimum Gasteiger partial charge on any atom is -0.484 e. The summed E-state index contributed by atoms with van der Waals surface area (Å²) in [4.78, 5) is 4.48. The lowest BCUT2D eigenvalue weighted by molar-refractivity contribution is 0.282. The van der Waals surface area contributed by atoms with Gasteiger partial charge in [-0.1, -0.05) is 19.1 Å². The molecule has 21 heavy (non-hydrogen) atoms. The minimum absolute atomic E-state index is 0.0374. The molecule has 114 valence electrons. The highest BCUT2D eigenvalue weighted by atomic mass is 32.1. The number of rotatable bonds is 7. The van der Waals surface area contributed by atoms with Gasteiger partial charge in [-0.05, 0) is 37.8 Å². The van der Waals surface area contributed by atoms with Gasteiger partial charge in [0.1, 0.15) is 6.61 Å². The van der Waals surface area contributed by atoms with E-state index in [1.807, 2.05) is 18.4 Å². The smallest absolute Gasteiger partial charge is 0.165 e. The maximum atomic E-state index is 13.9. The standard InChI is InChI=1S/C16H21FN2OS/c1-3-5-15-19-13(10-21-15)9-20-16-12(8-11(2)18)6-4-7-14(16)17/h4,6-7,10-11H,3,5,8-9,18H2,1-2H3. The molecule has 0 aliphatic heterocycles. The van der Waals surface area contributed by atoms with E-state index in [0.29, 0.717) is 12.2 Å². The zero-order chi connectivity index (χ0) is 15.2. The summed E-state index contributed by atoms with van der Waals surface area (Å²) in [7, 11) is 0. The van der Waals surface area contributed by atoms with Crippen LogP contribution in [0.1, 0.15) is 36.5 Å². The van der Waals surface area contributed by atoms with Crippen LogP contribution in [-0.4, -0.2) is 11.0 Å². The largest absolute Gasteiger partial charge is 0.484 e. The molecule has 0 spiro atoms. The summed E-state index contributed by atoms with van der Waals surface area (Å²) in [6.07, 6.45) is 2.63. The zero-order valence-corrected chi connectivity index (χ0v) is 13.3. The van der Waals surface area contributed by atoms with Gasteiger partial charge in [0.25, 0.3) is 0 Å². The fraction of sp³-hybridized carbons (Fsp3) is 0.438. The summed E-state index contributed by atoms with van der Waals surface area (Å²) < 4.78 is 19.6. The van der Waals surface area contributed by atoms with Gasteiger partial charge in [-0.3, -0.25) is 0 Å². The molecular formula is C16H21FN2OS. The molecule has 2 N–H and O–H groups in total. The number of ether oxygens (including phenoxy) is 1. The van der Waals surface area contributed by atoms with Crippen molar-refractivity contribution in [1.29, 1.82) is 0 Å². The summed E-state index contributed by atoms with van der Waals surface area (Å²) in [5, 5.41) is 3.07. The lowest BCUT2D eigenvalue weighted by Crippen LogP contribution is -2.18. The Hall–Kier alpha value is -1.46. The van der Waals surface area contributed by atoms with Gasteiger partial charge in [0.05, 0.1) is 10.7 Å². The summed E-state index contributed by atoms with van der Waals surface area (Å²) >= 11 is 1.62. The lowest BCUT2D eigenvalue weighted by atomic mass is 10.1. The van der Waals surface area contributed by atoms with Crippen LogP contribution in [0.5, 0.6) is 5.75 Å². The molecule has 0 radical (unpaired) electrons. The molecule has 0 fully saturated rings. The second-order valence-electron chi connectivity index (χ2n) is 5.18. The molecule has 1 aromatic heterocycles. The first kappa shape index (κ1) is 15.9. The molecule has 0 aliphatic rings. The predicted molar refractivity (Wildman–Crippen MR) is 84.2 cm³/mol. The normalized spacial score (nSPS) is 12.4. The highest BCUT2D eigenvalue weighted by Gasteiger charge is 2.12. The Morgan fingerprint density at radius 2 is 2.24 bits per heavy atom. The molecule has 0 aliphatic carbocycles. The van der Waals surface area contributed by atoms with Crippen LogP contribution >= 0.6 is 11.3 Å². The van der Waals surface area contributed by atoms with Gasteiger partial charge in [0.2, 0.25) is 0 Å². The number of aryl methyl sites for hydroxylation is 1. The van der Waals surface area contributed by atoms with Gasteiger partial charge in [0.15, 0.2) is 11.6 Å². The van der Waals surface area contributed by atoms with Crippen molar-refractivity contribution in [2.45, 2.75) is 45.8 Å². The first-order valence-corrected chi connectivity index (χ1v) is 8.07. The van der Waals surface area contributed by atoms with Gasteiger partial charge >= 0.3 is 0 Å². The van der Waals surface area contributed by atoms with E-state index in [2.05, 4.69) is 11.9 Å². The number of aromatic nitrogens is 1. The Balaban J connectivity index is 2.07. The van der Waals surface area contributed by atoms with Crippen molar-refractivity contribution in [1.82, 2.24) is 4.98 Å². The third-order valence-corrected chi connectivity index (χ3v) is 3.98. The first-order chi connectivity index (χ1) is 10.1. The van der Waals surface area contributed by atoms with Crippen LogP contribution in [0.3, 0.4) is 0 Å². The van der Waals surface area contributed by atoms with Gasteiger partial charge in [-0.25, -0.2) is 9.37 Å². The number of hydrogen-bond donors (Lipinski definition) is 1. The van der Waals surface area contributed by atoms with Crippen LogP contribution in [0.15, 0.2) is 23.6 Å². The quantitative estimate of drug-likeness (QED) is 0.848. The molecule has 0 saturated carbocycles. The molecule has 2 aromatic rings. The Labute approximate surface area is 129 Å².